The number of hydrogen-bond acceptors (Lipinski definition) is 4. The fourth-order valence-corrected chi connectivity index (χ4v) is 2.73. The first-order valence-corrected chi connectivity index (χ1v) is 7.69. The van der Waals surface area contributed by atoms with E-state index >= 15 is 0 Å². The smallest absolute Gasteiger partial charge is 0.256 e. The van der Waals surface area contributed by atoms with Crippen LogP contribution in [-0.2, 0) is 4.79 Å². The highest BCUT2D eigenvalue weighted by atomic mass is 16.5. The van der Waals surface area contributed by atoms with Gasteiger partial charge < -0.3 is 15.4 Å². The van der Waals surface area contributed by atoms with E-state index in [-0.39, 0.29) is 24.6 Å². The lowest BCUT2D eigenvalue weighted by molar-refractivity contribution is -0.119. The minimum Gasteiger partial charge on any atom is -0.475 e. The van der Waals surface area contributed by atoms with E-state index < -0.39 is 5.91 Å². The minimum absolute atomic E-state index is 0.0268. The van der Waals surface area contributed by atoms with Gasteiger partial charge in [0.05, 0.1) is 18.2 Å². The molecule has 2 N–H and O–H groups in total. The summed E-state index contributed by atoms with van der Waals surface area (Å²) in [5, 5.41) is 0. The molecule has 1 fully saturated rings. The van der Waals surface area contributed by atoms with Crippen LogP contribution in [0.3, 0.4) is 0 Å². The van der Waals surface area contributed by atoms with Crippen LogP contribution in [0.5, 0.6) is 5.88 Å². The third-order valence-corrected chi connectivity index (χ3v) is 3.69. The lowest BCUT2D eigenvalue weighted by atomic mass is 10.1. The van der Waals surface area contributed by atoms with Crippen LogP contribution in [0, 0.1) is 0 Å². The van der Waals surface area contributed by atoms with Crippen molar-refractivity contribution in [1.29, 1.82) is 0 Å². The average Bonchev–Trinajstić information content (AvgIpc) is 2.98. The fourth-order valence-electron chi connectivity index (χ4n) is 2.73. The number of nitrogens with zero attached hydrogens (tertiary/aromatic N) is 2. The first kappa shape index (κ1) is 16.3. The number of hydrogen-bond donors (Lipinski definition) is 1. The van der Waals surface area contributed by atoms with Crippen LogP contribution in [0.15, 0.2) is 18.3 Å². The van der Waals surface area contributed by atoms with Crippen LogP contribution in [0.2, 0.25) is 0 Å². The highest BCUT2D eigenvalue weighted by Crippen LogP contribution is 2.25. The predicted octanol–water partition coefficient (Wildman–Crippen LogP) is 1.74. The number of amides is 2. The van der Waals surface area contributed by atoms with Gasteiger partial charge in [0.2, 0.25) is 11.8 Å². The summed E-state index contributed by atoms with van der Waals surface area (Å²) in [6, 6.07) is 3.44. The van der Waals surface area contributed by atoms with E-state index in [2.05, 4.69) is 4.98 Å². The van der Waals surface area contributed by atoms with Crippen molar-refractivity contribution in [2.45, 2.75) is 51.7 Å². The Kier molecular flexibility index (Phi) is 5.35. The van der Waals surface area contributed by atoms with Gasteiger partial charge in [-0.3, -0.25) is 9.59 Å². The molecule has 0 aliphatic heterocycles. The van der Waals surface area contributed by atoms with Gasteiger partial charge in [0.15, 0.2) is 0 Å². The van der Waals surface area contributed by atoms with Gasteiger partial charge in [0, 0.05) is 18.3 Å². The summed E-state index contributed by atoms with van der Waals surface area (Å²) in [4.78, 5) is 29.6. The lowest BCUT2D eigenvalue weighted by Crippen LogP contribution is -2.44. The summed E-state index contributed by atoms with van der Waals surface area (Å²) in [5.74, 6) is -0.212. The second-order valence-corrected chi connectivity index (χ2v) is 5.89. The van der Waals surface area contributed by atoms with Crippen LogP contribution < -0.4 is 10.5 Å². The van der Waals surface area contributed by atoms with E-state index in [0.717, 1.165) is 25.7 Å². The summed E-state index contributed by atoms with van der Waals surface area (Å²) < 4.78 is 5.46. The van der Waals surface area contributed by atoms with E-state index in [4.69, 9.17) is 10.5 Å². The van der Waals surface area contributed by atoms with Crippen molar-refractivity contribution in [2.24, 2.45) is 5.73 Å². The van der Waals surface area contributed by atoms with E-state index in [0.29, 0.717) is 11.4 Å². The SMILES string of the molecule is CC(C)Oc1ccc(C(=O)N(CC(N)=O)C2CCCC2)cn1. The predicted molar refractivity (Wildman–Crippen MR) is 82.5 cm³/mol. The molecule has 0 atom stereocenters. The molecule has 2 rings (SSSR count). The molecule has 0 aromatic carbocycles. The first-order chi connectivity index (χ1) is 10.5. The molecule has 6 heteroatoms. The minimum atomic E-state index is -0.493. The Bertz CT molecular complexity index is 522. The molecule has 0 saturated heterocycles. The summed E-state index contributed by atoms with van der Waals surface area (Å²) in [6.45, 7) is 3.78. The van der Waals surface area contributed by atoms with Crippen LogP contribution in [0.4, 0.5) is 0 Å². The molecule has 1 aliphatic rings. The number of aromatic nitrogens is 1. The molecule has 2 amide bonds. The van der Waals surface area contributed by atoms with Crippen molar-refractivity contribution in [1.82, 2.24) is 9.88 Å². The zero-order chi connectivity index (χ0) is 16.1. The molecule has 0 unspecified atom stereocenters. The van der Waals surface area contributed by atoms with Crippen LogP contribution in [-0.4, -0.2) is 40.4 Å². The van der Waals surface area contributed by atoms with Gasteiger partial charge in [-0.15, -0.1) is 0 Å². The normalized spacial score (nSPS) is 15.0. The maximum absolute atomic E-state index is 12.6. The number of rotatable bonds is 6. The molecule has 6 nitrogen and oxygen atoms in total. The number of carbonyl (C=O) groups excluding carboxylic acids is 2. The van der Waals surface area contributed by atoms with Crippen molar-refractivity contribution < 1.29 is 14.3 Å². The number of pyridine rings is 1. The Hall–Kier alpha value is -2.11. The monoisotopic (exact) mass is 305 g/mol. The van der Waals surface area contributed by atoms with Crippen molar-refractivity contribution in [2.75, 3.05) is 6.54 Å². The van der Waals surface area contributed by atoms with Gasteiger partial charge >= 0.3 is 0 Å². The maximum Gasteiger partial charge on any atom is 0.256 e. The van der Waals surface area contributed by atoms with Gasteiger partial charge in [-0.1, -0.05) is 12.8 Å². The number of primary amides is 1. The van der Waals surface area contributed by atoms with Crippen LogP contribution in [0.25, 0.3) is 0 Å². The molecule has 1 aliphatic carbocycles. The highest BCUT2D eigenvalue weighted by Gasteiger charge is 2.28. The summed E-state index contributed by atoms with van der Waals surface area (Å²) in [5.41, 5.74) is 5.74. The standard InChI is InChI=1S/C16H23N3O3/c1-11(2)22-15-8-7-12(9-18-15)16(21)19(10-14(17)20)13-5-3-4-6-13/h7-9,11,13H,3-6,10H2,1-2H3,(H2,17,20). The third kappa shape index (κ3) is 4.19. The molecular weight excluding hydrogens is 282 g/mol. The molecule has 1 saturated carbocycles. The molecule has 1 aromatic rings. The van der Waals surface area contributed by atoms with Crippen molar-refractivity contribution in [3.05, 3.63) is 23.9 Å². The maximum atomic E-state index is 12.6. The van der Waals surface area contributed by atoms with E-state index in [1.54, 1.807) is 17.0 Å². The largest absolute Gasteiger partial charge is 0.475 e. The van der Waals surface area contributed by atoms with Crippen LogP contribution >= 0.6 is 0 Å². The van der Waals surface area contributed by atoms with Gasteiger partial charge in [-0.2, -0.15) is 0 Å². The fraction of sp³-hybridized carbons (Fsp3) is 0.562. The van der Waals surface area contributed by atoms with Crippen LogP contribution in [0.1, 0.15) is 49.9 Å². The Morgan fingerprint density at radius 2 is 2.05 bits per heavy atom. The van der Waals surface area contributed by atoms with E-state index in [1.807, 2.05) is 13.8 Å². The zero-order valence-corrected chi connectivity index (χ0v) is 13.1. The van der Waals surface area contributed by atoms with E-state index in [9.17, 15) is 9.59 Å². The van der Waals surface area contributed by atoms with Gasteiger partial charge in [-0.25, -0.2) is 4.98 Å². The second-order valence-electron chi connectivity index (χ2n) is 5.89. The highest BCUT2D eigenvalue weighted by molar-refractivity contribution is 5.96. The third-order valence-electron chi connectivity index (χ3n) is 3.69. The summed E-state index contributed by atoms with van der Waals surface area (Å²) >= 11 is 0. The number of ether oxygens (including phenoxy) is 1. The topological polar surface area (TPSA) is 85.5 Å². The zero-order valence-electron chi connectivity index (χ0n) is 13.1. The summed E-state index contributed by atoms with van der Waals surface area (Å²) in [6.07, 6.45) is 5.50. The van der Waals surface area contributed by atoms with Gasteiger partial charge in [0.25, 0.3) is 5.91 Å². The molecular formula is C16H23N3O3. The lowest BCUT2D eigenvalue weighted by Gasteiger charge is -2.27. The molecule has 0 bridgehead atoms. The Morgan fingerprint density at radius 3 is 2.55 bits per heavy atom. The Labute approximate surface area is 130 Å². The molecule has 22 heavy (non-hydrogen) atoms. The quantitative estimate of drug-likeness (QED) is 0.867. The molecule has 0 radical (unpaired) electrons. The van der Waals surface area contributed by atoms with Crippen molar-refractivity contribution in [3.63, 3.8) is 0 Å². The molecule has 120 valence electrons. The summed E-state index contributed by atoms with van der Waals surface area (Å²) in [7, 11) is 0. The Balaban J connectivity index is 2.13. The Morgan fingerprint density at radius 1 is 1.36 bits per heavy atom. The average molecular weight is 305 g/mol. The van der Waals surface area contributed by atoms with Gasteiger partial charge in [-0.05, 0) is 32.8 Å². The van der Waals surface area contributed by atoms with E-state index in [1.165, 1.54) is 6.20 Å². The van der Waals surface area contributed by atoms with Gasteiger partial charge in [0.1, 0.15) is 0 Å². The van der Waals surface area contributed by atoms with Crippen molar-refractivity contribution in [3.8, 4) is 5.88 Å². The molecule has 0 spiro atoms. The first-order valence-electron chi connectivity index (χ1n) is 7.69. The molecule has 1 heterocycles. The second kappa shape index (κ2) is 7.24. The number of nitrogens with two attached hydrogens (primary N) is 1. The van der Waals surface area contributed by atoms with Crippen molar-refractivity contribution >= 4 is 11.8 Å². The number of carbonyl (C=O) groups is 2. The molecule has 1 aromatic heterocycles.